The lowest BCUT2D eigenvalue weighted by atomic mass is 10.1. The van der Waals surface area contributed by atoms with E-state index in [1.165, 1.54) is 0 Å². The van der Waals surface area contributed by atoms with Gasteiger partial charge in [-0.05, 0) is 35.7 Å². The summed E-state index contributed by atoms with van der Waals surface area (Å²) < 4.78 is 6.15. The third-order valence-electron chi connectivity index (χ3n) is 3.87. The van der Waals surface area contributed by atoms with E-state index in [-0.39, 0.29) is 0 Å². The summed E-state index contributed by atoms with van der Waals surface area (Å²) in [5, 5.41) is 2.21. The molecule has 3 nitrogen and oxygen atoms in total. The van der Waals surface area contributed by atoms with E-state index in [9.17, 15) is 0 Å². The molecule has 0 radical (unpaired) electrons. The highest BCUT2D eigenvalue weighted by atomic mass is 16.7. The molecule has 0 unspecified atom stereocenters. The van der Waals surface area contributed by atoms with Crippen LogP contribution in [0.4, 0.5) is 5.69 Å². The number of hydrogen-bond donors (Lipinski definition) is 1. The van der Waals surface area contributed by atoms with Gasteiger partial charge in [-0.25, -0.2) is 5.48 Å². The Morgan fingerprint density at radius 1 is 0.520 bits per heavy atom. The maximum absolute atomic E-state index is 6.15. The zero-order valence-corrected chi connectivity index (χ0v) is 13.6. The van der Waals surface area contributed by atoms with Crippen molar-refractivity contribution in [3.05, 3.63) is 97.1 Å². The molecular weight excluding hydrogens is 310 g/mol. The average Bonchev–Trinajstić information content (AvgIpc) is 2.68. The summed E-state index contributed by atoms with van der Waals surface area (Å²) in [4.78, 5) is 5.73. The van der Waals surface area contributed by atoms with Crippen molar-refractivity contribution >= 4 is 16.5 Å². The number of nitrogens with one attached hydrogen (secondary N) is 1. The van der Waals surface area contributed by atoms with Crippen LogP contribution in [0.3, 0.4) is 0 Å². The second kappa shape index (κ2) is 6.97. The second-order valence-corrected chi connectivity index (χ2v) is 5.60. The van der Waals surface area contributed by atoms with Gasteiger partial charge in [0, 0.05) is 5.39 Å². The Hall–Kier alpha value is -3.46. The summed E-state index contributed by atoms with van der Waals surface area (Å²) in [5.41, 5.74) is 3.82. The van der Waals surface area contributed by atoms with E-state index < -0.39 is 0 Å². The minimum atomic E-state index is 0.624. The quantitative estimate of drug-likeness (QED) is 0.453. The number of rotatable bonds is 5. The lowest BCUT2D eigenvalue weighted by Crippen LogP contribution is -2.05. The molecule has 0 saturated heterocycles. The van der Waals surface area contributed by atoms with E-state index in [1.54, 1.807) is 0 Å². The summed E-state index contributed by atoms with van der Waals surface area (Å²) in [6.07, 6.45) is 0. The Bertz CT molecular complexity index is 978. The minimum Gasteiger partial charge on any atom is -0.453 e. The van der Waals surface area contributed by atoms with Gasteiger partial charge in [-0.2, -0.15) is 0 Å². The second-order valence-electron chi connectivity index (χ2n) is 5.60. The molecule has 0 aromatic heterocycles. The Balaban J connectivity index is 1.60. The van der Waals surface area contributed by atoms with Gasteiger partial charge in [-0.1, -0.05) is 66.7 Å². The van der Waals surface area contributed by atoms with Crippen molar-refractivity contribution in [2.24, 2.45) is 0 Å². The topological polar surface area (TPSA) is 30.5 Å². The van der Waals surface area contributed by atoms with Gasteiger partial charge in [-0.15, -0.1) is 0 Å². The molecule has 4 aromatic carbocycles. The lowest BCUT2D eigenvalue weighted by molar-refractivity contribution is 0.373. The molecule has 0 saturated carbocycles. The molecule has 25 heavy (non-hydrogen) atoms. The first-order valence-electron chi connectivity index (χ1n) is 8.13. The van der Waals surface area contributed by atoms with E-state index in [2.05, 4.69) is 23.7 Å². The van der Waals surface area contributed by atoms with Gasteiger partial charge in [0.2, 0.25) is 0 Å². The first kappa shape index (κ1) is 15.1. The maximum Gasteiger partial charge on any atom is 0.197 e. The lowest BCUT2D eigenvalue weighted by Gasteiger charge is -2.14. The molecule has 0 bridgehead atoms. The van der Waals surface area contributed by atoms with Crippen molar-refractivity contribution in [2.45, 2.75) is 0 Å². The molecule has 4 rings (SSSR count). The van der Waals surface area contributed by atoms with Gasteiger partial charge in [0.25, 0.3) is 0 Å². The van der Waals surface area contributed by atoms with Crippen molar-refractivity contribution in [2.75, 3.05) is 5.48 Å². The van der Waals surface area contributed by atoms with Gasteiger partial charge in [0.05, 0.1) is 5.69 Å². The maximum atomic E-state index is 6.15. The average molecular weight is 327 g/mol. The molecule has 4 aromatic rings. The summed E-state index contributed by atoms with van der Waals surface area (Å²) in [7, 11) is 0. The summed E-state index contributed by atoms with van der Waals surface area (Å²) in [6.45, 7) is 0. The largest absolute Gasteiger partial charge is 0.453 e. The summed E-state index contributed by atoms with van der Waals surface area (Å²) in [6, 6.07) is 31.5. The van der Waals surface area contributed by atoms with E-state index in [0.29, 0.717) is 11.5 Å². The van der Waals surface area contributed by atoms with Crippen LogP contribution >= 0.6 is 0 Å². The van der Waals surface area contributed by atoms with Crippen LogP contribution in [-0.2, 0) is 0 Å². The molecule has 0 aliphatic rings. The minimum absolute atomic E-state index is 0.624. The van der Waals surface area contributed by atoms with Crippen LogP contribution in [0.15, 0.2) is 97.1 Å². The number of fused-ring (bicyclic) bond motifs is 1. The number of hydrogen-bond acceptors (Lipinski definition) is 3. The van der Waals surface area contributed by atoms with E-state index >= 15 is 0 Å². The summed E-state index contributed by atoms with van der Waals surface area (Å²) >= 11 is 0. The highest BCUT2D eigenvalue weighted by Crippen LogP contribution is 2.35. The molecule has 0 spiro atoms. The van der Waals surface area contributed by atoms with Gasteiger partial charge in [0.1, 0.15) is 5.75 Å². The fraction of sp³-hybridized carbons (Fsp3) is 0. The number of benzene rings is 4. The van der Waals surface area contributed by atoms with Crippen LogP contribution in [0.1, 0.15) is 0 Å². The molecule has 0 amide bonds. The third kappa shape index (κ3) is 3.40. The molecular formula is C22H17NO2. The van der Waals surface area contributed by atoms with Crippen molar-refractivity contribution in [1.82, 2.24) is 0 Å². The predicted molar refractivity (Wildman–Crippen MR) is 101 cm³/mol. The molecule has 0 heterocycles. The van der Waals surface area contributed by atoms with Crippen molar-refractivity contribution in [3.63, 3.8) is 0 Å². The zero-order valence-electron chi connectivity index (χ0n) is 13.6. The molecule has 0 aliphatic heterocycles. The standard InChI is InChI=1S/C22H17NO2/c1-2-11-18(12-3-1)23-25-22-15-7-6-14-21(22)24-20-16-8-10-17-9-4-5-13-19(17)20/h1-16,23H. The molecule has 0 fully saturated rings. The Kier molecular flexibility index (Phi) is 4.21. The predicted octanol–water partition coefficient (Wildman–Crippen LogP) is 6.04. The Labute approximate surface area is 146 Å². The first-order valence-corrected chi connectivity index (χ1v) is 8.13. The normalized spacial score (nSPS) is 10.4. The van der Waals surface area contributed by atoms with Gasteiger partial charge in [-0.3, -0.25) is 0 Å². The smallest absolute Gasteiger partial charge is 0.197 e. The SMILES string of the molecule is c1ccc(NOc2ccccc2Oc2cccc3ccccc23)cc1. The van der Waals surface area contributed by atoms with E-state index in [0.717, 1.165) is 22.2 Å². The highest BCUT2D eigenvalue weighted by molar-refractivity contribution is 5.88. The van der Waals surface area contributed by atoms with Crippen LogP contribution in [0, 0.1) is 0 Å². The monoisotopic (exact) mass is 327 g/mol. The van der Waals surface area contributed by atoms with Gasteiger partial charge in [0.15, 0.2) is 11.5 Å². The molecule has 0 aliphatic carbocycles. The van der Waals surface area contributed by atoms with Crippen molar-refractivity contribution in [3.8, 4) is 17.2 Å². The Morgan fingerprint density at radius 2 is 1.16 bits per heavy atom. The van der Waals surface area contributed by atoms with Crippen molar-refractivity contribution in [1.29, 1.82) is 0 Å². The summed E-state index contributed by atoms with van der Waals surface area (Å²) in [5.74, 6) is 2.08. The number of ether oxygens (including phenoxy) is 1. The molecule has 3 heteroatoms. The number of para-hydroxylation sites is 3. The van der Waals surface area contributed by atoms with Crippen LogP contribution in [0.25, 0.3) is 10.8 Å². The number of anilines is 1. The van der Waals surface area contributed by atoms with Gasteiger partial charge >= 0.3 is 0 Å². The fourth-order valence-corrected chi connectivity index (χ4v) is 2.64. The van der Waals surface area contributed by atoms with Crippen molar-refractivity contribution < 1.29 is 9.57 Å². The third-order valence-corrected chi connectivity index (χ3v) is 3.87. The van der Waals surface area contributed by atoms with Gasteiger partial charge < -0.3 is 9.57 Å². The van der Waals surface area contributed by atoms with E-state index in [4.69, 9.17) is 9.57 Å². The molecule has 1 N–H and O–H groups in total. The van der Waals surface area contributed by atoms with E-state index in [1.807, 2.05) is 78.9 Å². The molecule has 0 atom stereocenters. The highest BCUT2D eigenvalue weighted by Gasteiger charge is 2.08. The molecule has 122 valence electrons. The van der Waals surface area contributed by atoms with Crippen LogP contribution in [-0.4, -0.2) is 0 Å². The van der Waals surface area contributed by atoms with Crippen LogP contribution < -0.4 is 15.1 Å². The zero-order chi connectivity index (χ0) is 16.9. The van der Waals surface area contributed by atoms with Crippen LogP contribution in [0.5, 0.6) is 17.2 Å². The first-order chi connectivity index (χ1) is 12.4. The Morgan fingerprint density at radius 3 is 2.04 bits per heavy atom. The fourth-order valence-electron chi connectivity index (χ4n) is 2.64. The van der Waals surface area contributed by atoms with Crippen LogP contribution in [0.2, 0.25) is 0 Å².